The van der Waals surface area contributed by atoms with E-state index in [0.717, 1.165) is 11.0 Å². The van der Waals surface area contributed by atoms with Crippen LogP contribution in [0.3, 0.4) is 0 Å². The van der Waals surface area contributed by atoms with Crippen LogP contribution in [-0.2, 0) is 6.54 Å². The van der Waals surface area contributed by atoms with Gasteiger partial charge < -0.3 is 5.32 Å². The molecule has 0 saturated heterocycles. The van der Waals surface area contributed by atoms with Crippen LogP contribution in [0.5, 0.6) is 0 Å². The van der Waals surface area contributed by atoms with Gasteiger partial charge in [0.25, 0.3) is 0 Å². The van der Waals surface area contributed by atoms with Gasteiger partial charge in [-0.15, -0.1) is 0 Å². The summed E-state index contributed by atoms with van der Waals surface area (Å²) >= 11 is 3.73. The van der Waals surface area contributed by atoms with Gasteiger partial charge in [-0.3, -0.25) is 0 Å². The second-order valence-electron chi connectivity index (χ2n) is 6.00. The number of fused-ring (bicyclic) bond motifs is 7. The highest BCUT2D eigenvalue weighted by Gasteiger charge is 2.21. The first-order valence-electron chi connectivity index (χ1n) is 7.79. The molecular formula is C21H14BrN. The zero-order chi connectivity index (χ0) is 15.4. The van der Waals surface area contributed by atoms with Crippen molar-refractivity contribution in [3.8, 4) is 11.1 Å². The summed E-state index contributed by atoms with van der Waals surface area (Å²) in [7, 11) is 0. The van der Waals surface area contributed by atoms with E-state index in [1.54, 1.807) is 0 Å². The molecule has 1 nitrogen and oxygen atoms in total. The van der Waals surface area contributed by atoms with E-state index in [1.807, 2.05) is 0 Å². The van der Waals surface area contributed by atoms with Crippen LogP contribution in [0.1, 0.15) is 5.56 Å². The summed E-state index contributed by atoms with van der Waals surface area (Å²) < 4.78 is 1.14. The van der Waals surface area contributed by atoms with Crippen molar-refractivity contribution in [2.24, 2.45) is 0 Å². The zero-order valence-electron chi connectivity index (χ0n) is 12.4. The second kappa shape index (κ2) is 4.84. The van der Waals surface area contributed by atoms with Gasteiger partial charge in [-0.25, -0.2) is 0 Å². The van der Waals surface area contributed by atoms with Crippen molar-refractivity contribution in [1.82, 2.24) is 0 Å². The fourth-order valence-corrected chi connectivity index (χ4v) is 4.26. The Morgan fingerprint density at radius 1 is 0.739 bits per heavy atom. The Balaban J connectivity index is 2.01. The highest BCUT2D eigenvalue weighted by molar-refractivity contribution is 9.10. The van der Waals surface area contributed by atoms with Crippen LogP contribution < -0.4 is 5.32 Å². The molecule has 2 heteroatoms. The summed E-state index contributed by atoms with van der Waals surface area (Å²) in [4.78, 5) is 0. The average Bonchev–Trinajstić information content (AvgIpc) is 2.61. The predicted octanol–water partition coefficient (Wildman–Crippen LogP) is 6.35. The second-order valence-corrected chi connectivity index (χ2v) is 6.86. The molecule has 110 valence electrons. The molecule has 0 bridgehead atoms. The third-order valence-corrected chi connectivity index (χ3v) is 5.38. The smallest absolute Gasteiger partial charge is 0.0440 e. The van der Waals surface area contributed by atoms with E-state index in [-0.39, 0.29) is 0 Å². The molecule has 0 aliphatic carbocycles. The van der Waals surface area contributed by atoms with Gasteiger partial charge in [0.1, 0.15) is 0 Å². The molecule has 4 aromatic rings. The van der Waals surface area contributed by atoms with Gasteiger partial charge in [0.15, 0.2) is 0 Å². The van der Waals surface area contributed by atoms with Gasteiger partial charge in [0.05, 0.1) is 0 Å². The van der Waals surface area contributed by atoms with Crippen LogP contribution in [0, 0.1) is 0 Å². The third kappa shape index (κ3) is 1.85. The quantitative estimate of drug-likeness (QED) is 0.385. The number of hydrogen-bond donors (Lipinski definition) is 1. The van der Waals surface area contributed by atoms with Crippen LogP contribution in [0.15, 0.2) is 71.2 Å². The van der Waals surface area contributed by atoms with Gasteiger partial charge >= 0.3 is 0 Å². The van der Waals surface area contributed by atoms with E-state index in [2.05, 4.69) is 88.0 Å². The summed E-state index contributed by atoms with van der Waals surface area (Å²) in [6.45, 7) is 0.873. The number of rotatable bonds is 0. The summed E-state index contributed by atoms with van der Waals surface area (Å²) in [5, 5.41) is 8.77. The molecule has 0 atom stereocenters. The van der Waals surface area contributed by atoms with Crippen molar-refractivity contribution in [3.05, 3.63) is 76.8 Å². The molecule has 5 rings (SSSR count). The van der Waals surface area contributed by atoms with Crippen LogP contribution in [0.2, 0.25) is 0 Å². The fourth-order valence-electron chi connectivity index (χ4n) is 3.69. The maximum Gasteiger partial charge on any atom is 0.0440 e. The van der Waals surface area contributed by atoms with Crippen molar-refractivity contribution in [2.75, 3.05) is 5.32 Å². The van der Waals surface area contributed by atoms with Crippen molar-refractivity contribution < 1.29 is 0 Å². The lowest BCUT2D eigenvalue weighted by atomic mass is 9.87. The lowest BCUT2D eigenvalue weighted by molar-refractivity contribution is 1.14. The van der Waals surface area contributed by atoms with Crippen molar-refractivity contribution in [3.63, 3.8) is 0 Å². The molecule has 0 fully saturated rings. The van der Waals surface area contributed by atoms with Gasteiger partial charge in [-0.2, -0.15) is 0 Å². The molecule has 0 radical (unpaired) electrons. The fraction of sp³-hybridized carbons (Fsp3) is 0.0476. The topological polar surface area (TPSA) is 12.0 Å². The Morgan fingerprint density at radius 2 is 1.48 bits per heavy atom. The first kappa shape index (κ1) is 13.1. The number of halogens is 1. The molecule has 0 unspecified atom stereocenters. The zero-order valence-corrected chi connectivity index (χ0v) is 14.0. The maximum absolute atomic E-state index is 3.73. The molecule has 0 amide bonds. The molecule has 0 aromatic heterocycles. The van der Waals surface area contributed by atoms with Crippen molar-refractivity contribution in [2.45, 2.75) is 6.54 Å². The Bertz CT molecular complexity index is 1080. The normalized spacial score (nSPS) is 12.7. The van der Waals surface area contributed by atoms with E-state index in [0.29, 0.717) is 0 Å². The van der Waals surface area contributed by atoms with Crippen molar-refractivity contribution in [1.29, 1.82) is 0 Å². The minimum absolute atomic E-state index is 0.873. The molecule has 4 aromatic carbocycles. The molecule has 1 N–H and O–H groups in total. The predicted molar refractivity (Wildman–Crippen MR) is 102 cm³/mol. The molecule has 1 aliphatic rings. The first-order chi connectivity index (χ1) is 11.3. The van der Waals surface area contributed by atoms with Gasteiger partial charge in [0.2, 0.25) is 0 Å². The minimum atomic E-state index is 0.873. The van der Waals surface area contributed by atoms with E-state index < -0.39 is 0 Å². The van der Waals surface area contributed by atoms with Gasteiger partial charge in [0, 0.05) is 22.3 Å². The van der Waals surface area contributed by atoms with Gasteiger partial charge in [-0.05, 0) is 38.7 Å². The lowest BCUT2D eigenvalue weighted by Gasteiger charge is -2.25. The Labute approximate surface area is 143 Å². The van der Waals surface area contributed by atoms with Crippen LogP contribution in [-0.4, -0.2) is 0 Å². The maximum atomic E-state index is 3.73. The molecule has 1 heterocycles. The van der Waals surface area contributed by atoms with Crippen molar-refractivity contribution >= 4 is 43.2 Å². The standard InChI is InChI=1S/C21H14BrN/c22-18-11-19-21(17-8-4-3-7-16(17)18)20-14(12-23-19)10-9-13-5-1-2-6-15(13)20/h1-11,23H,12H2. The third-order valence-electron chi connectivity index (χ3n) is 4.73. The number of anilines is 1. The van der Waals surface area contributed by atoms with E-state index in [1.165, 1.54) is 43.9 Å². The number of benzene rings is 4. The first-order valence-corrected chi connectivity index (χ1v) is 8.58. The number of nitrogens with one attached hydrogen (secondary N) is 1. The van der Waals surface area contributed by atoms with Crippen LogP contribution in [0.4, 0.5) is 5.69 Å². The highest BCUT2D eigenvalue weighted by Crippen LogP contribution is 2.46. The summed E-state index contributed by atoms with van der Waals surface area (Å²) in [5.41, 5.74) is 5.27. The van der Waals surface area contributed by atoms with E-state index >= 15 is 0 Å². The largest absolute Gasteiger partial charge is 0.380 e. The molecule has 1 aliphatic heterocycles. The SMILES string of the molecule is Brc1cc2c(c3ccccc13)-c1c(ccc3ccccc13)CN2. The Morgan fingerprint density at radius 3 is 2.35 bits per heavy atom. The van der Waals surface area contributed by atoms with E-state index in [4.69, 9.17) is 0 Å². The Kier molecular flexibility index (Phi) is 2.77. The summed E-state index contributed by atoms with van der Waals surface area (Å²) in [5.74, 6) is 0. The highest BCUT2D eigenvalue weighted by atomic mass is 79.9. The summed E-state index contributed by atoms with van der Waals surface area (Å²) in [6, 6.07) is 24.0. The van der Waals surface area contributed by atoms with Gasteiger partial charge in [-0.1, -0.05) is 76.6 Å². The Hall–Kier alpha value is -2.32. The molecule has 23 heavy (non-hydrogen) atoms. The molecular weight excluding hydrogens is 346 g/mol. The van der Waals surface area contributed by atoms with E-state index in [9.17, 15) is 0 Å². The van der Waals surface area contributed by atoms with Crippen LogP contribution in [0.25, 0.3) is 32.7 Å². The lowest BCUT2D eigenvalue weighted by Crippen LogP contribution is -2.09. The monoisotopic (exact) mass is 359 g/mol. The summed E-state index contributed by atoms with van der Waals surface area (Å²) in [6.07, 6.45) is 0. The average molecular weight is 360 g/mol. The molecule has 0 spiro atoms. The molecule has 0 saturated carbocycles. The van der Waals surface area contributed by atoms with Crippen LogP contribution >= 0.6 is 15.9 Å². The minimum Gasteiger partial charge on any atom is -0.380 e. The number of hydrogen-bond acceptors (Lipinski definition) is 1.